The lowest BCUT2D eigenvalue weighted by Gasteiger charge is -2.37. The Morgan fingerprint density at radius 2 is 1.94 bits per heavy atom. The highest BCUT2D eigenvalue weighted by molar-refractivity contribution is 5.68. The second kappa shape index (κ2) is 4.72. The first-order valence-electron chi connectivity index (χ1n) is 7.01. The van der Waals surface area contributed by atoms with E-state index >= 15 is 0 Å². The van der Waals surface area contributed by atoms with E-state index in [4.69, 9.17) is 4.74 Å². The standard InChI is InChI=1S/C14H26N2O2/c1-13(2,3)18-12(17)16(4)11-9-15-10-14(11)7-5-6-8-14/h11,15H,5-10H2,1-4H3. The summed E-state index contributed by atoms with van der Waals surface area (Å²) in [6.45, 7) is 7.69. The van der Waals surface area contributed by atoms with Gasteiger partial charge in [0.1, 0.15) is 5.60 Å². The van der Waals surface area contributed by atoms with Gasteiger partial charge in [-0.15, -0.1) is 0 Å². The molecule has 1 spiro atoms. The molecule has 0 bridgehead atoms. The molecule has 1 saturated heterocycles. The van der Waals surface area contributed by atoms with Crippen LogP contribution in [0.5, 0.6) is 0 Å². The van der Waals surface area contributed by atoms with Crippen molar-refractivity contribution in [2.45, 2.75) is 58.1 Å². The number of carbonyl (C=O) groups is 1. The molecule has 1 aliphatic heterocycles. The first-order chi connectivity index (χ1) is 8.34. The van der Waals surface area contributed by atoms with Gasteiger partial charge in [-0.2, -0.15) is 0 Å². The lowest BCUT2D eigenvalue weighted by molar-refractivity contribution is 0.0123. The monoisotopic (exact) mass is 254 g/mol. The van der Waals surface area contributed by atoms with E-state index in [0.29, 0.717) is 5.41 Å². The largest absolute Gasteiger partial charge is 0.444 e. The summed E-state index contributed by atoms with van der Waals surface area (Å²) >= 11 is 0. The van der Waals surface area contributed by atoms with E-state index in [2.05, 4.69) is 5.32 Å². The van der Waals surface area contributed by atoms with Crippen LogP contribution in [0.2, 0.25) is 0 Å². The lowest BCUT2D eigenvalue weighted by Crippen LogP contribution is -2.48. The molecule has 0 radical (unpaired) electrons. The number of likely N-dealkylation sites (N-methyl/N-ethyl adjacent to an activating group) is 1. The van der Waals surface area contributed by atoms with Gasteiger partial charge in [-0.3, -0.25) is 0 Å². The summed E-state index contributed by atoms with van der Waals surface area (Å²) in [6, 6.07) is 0.287. The van der Waals surface area contributed by atoms with Crippen LogP contribution in [0.25, 0.3) is 0 Å². The maximum absolute atomic E-state index is 12.2. The second-order valence-electron chi connectivity index (χ2n) is 6.81. The van der Waals surface area contributed by atoms with Crippen molar-refractivity contribution in [3.8, 4) is 0 Å². The number of nitrogens with zero attached hydrogens (tertiary/aromatic N) is 1. The van der Waals surface area contributed by atoms with Gasteiger partial charge in [0, 0.05) is 25.6 Å². The van der Waals surface area contributed by atoms with E-state index in [1.807, 2.05) is 32.7 Å². The fourth-order valence-electron chi connectivity index (χ4n) is 3.39. The Bertz CT molecular complexity index is 311. The van der Waals surface area contributed by atoms with Gasteiger partial charge >= 0.3 is 6.09 Å². The number of ether oxygens (including phenoxy) is 1. The van der Waals surface area contributed by atoms with Gasteiger partial charge in [-0.25, -0.2) is 4.79 Å². The predicted molar refractivity (Wildman–Crippen MR) is 71.6 cm³/mol. The van der Waals surface area contributed by atoms with E-state index in [1.165, 1.54) is 25.7 Å². The summed E-state index contributed by atoms with van der Waals surface area (Å²) in [5.74, 6) is 0. The number of nitrogens with one attached hydrogen (secondary N) is 1. The third kappa shape index (κ3) is 2.63. The van der Waals surface area contributed by atoms with E-state index in [1.54, 1.807) is 0 Å². The summed E-state index contributed by atoms with van der Waals surface area (Å²) in [6.07, 6.45) is 4.86. The average molecular weight is 254 g/mol. The molecule has 0 aromatic carbocycles. The highest BCUT2D eigenvalue weighted by Gasteiger charge is 2.48. The molecule has 18 heavy (non-hydrogen) atoms. The molecule has 0 aromatic heterocycles. The molecule has 1 N–H and O–H groups in total. The van der Waals surface area contributed by atoms with E-state index < -0.39 is 5.60 Å². The van der Waals surface area contributed by atoms with Crippen molar-refractivity contribution in [3.05, 3.63) is 0 Å². The fourth-order valence-corrected chi connectivity index (χ4v) is 3.39. The third-order valence-corrected chi connectivity index (χ3v) is 4.27. The third-order valence-electron chi connectivity index (χ3n) is 4.27. The molecule has 0 aromatic rings. The zero-order chi connectivity index (χ0) is 13.4. The molecule has 2 aliphatic rings. The predicted octanol–water partition coefficient (Wildman–Crippen LogP) is 2.39. The first kappa shape index (κ1) is 13.7. The molecular formula is C14H26N2O2. The highest BCUT2D eigenvalue weighted by Crippen LogP contribution is 2.44. The SMILES string of the molecule is CN(C(=O)OC(C)(C)C)C1CNCC12CCCC2. The smallest absolute Gasteiger partial charge is 0.410 e. The summed E-state index contributed by atoms with van der Waals surface area (Å²) in [4.78, 5) is 14.0. The molecule has 1 atom stereocenters. The first-order valence-corrected chi connectivity index (χ1v) is 7.01. The molecule has 4 heteroatoms. The minimum absolute atomic E-state index is 0.192. The quantitative estimate of drug-likeness (QED) is 0.781. The van der Waals surface area contributed by atoms with Crippen LogP contribution in [0.15, 0.2) is 0 Å². The van der Waals surface area contributed by atoms with Crippen molar-refractivity contribution in [2.24, 2.45) is 5.41 Å². The van der Waals surface area contributed by atoms with Crippen LogP contribution in [0, 0.1) is 5.41 Å². The summed E-state index contributed by atoms with van der Waals surface area (Å²) in [5, 5.41) is 3.45. The molecule has 1 aliphatic carbocycles. The van der Waals surface area contributed by atoms with Crippen LogP contribution in [-0.2, 0) is 4.74 Å². The molecule has 2 fully saturated rings. The Balaban J connectivity index is 2.04. The maximum atomic E-state index is 12.2. The molecule has 104 valence electrons. The highest BCUT2D eigenvalue weighted by atomic mass is 16.6. The van der Waals surface area contributed by atoms with Gasteiger partial charge in [0.05, 0.1) is 6.04 Å². The van der Waals surface area contributed by atoms with Crippen LogP contribution < -0.4 is 5.32 Å². The molecular weight excluding hydrogens is 228 g/mol. The van der Waals surface area contributed by atoms with Crippen LogP contribution >= 0.6 is 0 Å². The number of carbonyl (C=O) groups excluding carboxylic acids is 1. The molecule has 1 amide bonds. The van der Waals surface area contributed by atoms with Gasteiger partial charge in [-0.05, 0) is 33.6 Å². The van der Waals surface area contributed by atoms with Crippen LogP contribution in [0.3, 0.4) is 0 Å². The van der Waals surface area contributed by atoms with E-state index in [0.717, 1.165) is 13.1 Å². The normalized spacial score (nSPS) is 26.6. The molecule has 4 nitrogen and oxygen atoms in total. The van der Waals surface area contributed by atoms with Crippen molar-refractivity contribution in [3.63, 3.8) is 0 Å². The Kier molecular flexibility index (Phi) is 3.58. The number of amides is 1. The Morgan fingerprint density at radius 3 is 2.50 bits per heavy atom. The average Bonchev–Trinajstić information content (AvgIpc) is 2.86. The number of rotatable bonds is 1. The Labute approximate surface area is 110 Å². The van der Waals surface area contributed by atoms with Crippen LogP contribution in [0.1, 0.15) is 46.5 Å². The molecule has 1 heterocycles. The van der Waals surface area contributed by atoms with Gasteiger partial charge in [0.2, 0.25) is 0 Å². The van der Waals surface area contributed by atoms with Crippen LogP contribution in [0.4, 0.5) is 4.79 Å². The molecule has 1 saturated carbocycles. The zero-order valence-corrected chi connectivity index (χ0v) is 12.1. The fraction of sp³-hybridized carbons (Fsp3) is 0.929. The van der Waals surface area contributed by atoms with E-state index in [-0.39, 0.29) is 12.1 Å². The van der Waals surface area contributed by atoms with Gasteiger partial charge in [0.15, 0.2) is 0 Å². The van der Waals surface area contributed by atoms with Crippen molar-refractivity contribution in [2.75, 3.05) is 20.1 Å². The summed E-state index contributed by atoms with van der Waals surface area (Å²) in [5.41, 5.74) is -0.119. The maximum Gasteiger partial charge on any atom is 0.410 e. The second-order valence-corrected chi connectivity index (χ2v) is 6.81. The Morgan fingerprint density at radius 1 is 1.33 bits per heavy atom. The minimum Gasteiger partial charge on any atom is -0.444 e. The summed E-state index contributed by atoms with van der Waals surface area (Å²) in [7, 11) is 1.88. The topological polar surface area (TPSA) is 41.6 Å². The lowest BCUT2D eigenvalue weighted by atomic mass is 9.81. The number of hydrogen-bond acceptors (Lipinski definition) is 3. The van der Waals surface area contributed by atoms with Gasteiger partial charge < -0.3 is 15.0 Å². The van der Waals surface area contributed by atoms with Crippen molar-refractivity contribution >= 4 is 6.09 Å². The zero-order valence-electron chi connectivity index (χ0n) is 12.1. The van der Waals surface area contributed by atoms with Crippen molar-refractivity contribution in [1.82, 2.24) is 10.2 Å². The summed E-state index contributed by atoms with van der Waals surface area (Å²) < 4.78 is 5.47. The van der Waals surface area contributed by atoms with Gasteiger partial charge in [-0.1, -0.05) is 12.8 Å². The number of hydrogen-bond donors (Lipinski definition) is 1. The van der Waals surface area contributed by atoms with Crippen molar-refractivity contribution < 1.29 is 9.53 Å². The minimum atomic E-state index is -0.416. The Hall–Kier alpha value is -0.770. The van der Waals surface area contributed by atoms with Gasteiger partial charge in [0.25, 0.3) is 0 Å². The van der Waals surface area contributed by atoms with Crippen LogP contribution in [-0.4, -0.2) is 42.8 Å². The van der Waals surface area contributed by atoms with Crippen molar-refractivity contribution in [1.29, 1.82) is 0 Å². The molecule has 2 rings (SSSR count). The molecule has 1 unspecified atom stereocenters. The van der Waals surface area contributed by atoms with E-state index in [9.17, 15) is 4.79 Å².